The van der Waals surface area contributed by atoms with E-state index in [2.05, 4.69) is 36.2 Å². The summed E-state index contributed by atoms with van der Waals surface area (Å²) in [5, 5.41) is 3.26. The summed E-state index contributed by atoms with van der Waals surface area (Å²) in [5.41, 5.74) is 1.00. The van der Waals surface area contributed by atoms with Crippen LogP contribution >= 0.6 is 22.9 Å². The Hall–Kier alpha value is -0.120. The van der Waals surface area contributed by atoms with E-state index in [0.29, 0.717) is 11.9 Å². The maximum absolute atomic E-state index is 5.76. The Morgan fingerprint density at radius 3 is 2.73 bits per heavy atom. The number of hydrogen-bond acceptors (Lipinski definition) is 3. The molecule has 0 saturated heterocycles. The second-order valence-electron chi connectivity index (χ2n) is 3.72. The van der Waals surface area contributed by atoms with Gasteiger partial charge in [0.1, 0.15) is 5.01 Å². The third-order valence-electron chi connectivity index (χ3n) is 2.49. The molecule has 0 aliphatic heterocycles. The predicted octanol–water partition coefficient (Wildman–Crippen LogP) is 3.67. The summed E-state index contributed by atoms with van der Waals surface area (Å²) in [6.07, 6.45) is 2.28. The topological polar surface area (TPSA) is 16.1 Å². The first kappa shape index (κ1) is 12.9. The second kappa shape index (κ2) is 6.46. The number of halogens is 1. The van der Waals surface area contributed by atoms with Crippen molar-refractivity contribution < 1.29 is 0 Å². The molecule has 0 N–H and O–H groups in total. The van der Waals surface area contributed by atoms with Gasteiger partial charge in [-0.3, -0.25) is 4.90 Å². The van der Waals surface area contributed by atoms with Crippen molar-refractivity contribution in [2.45, 2.75) is 38.6 Å². The quantitative estimate of drug-likeness (QED) is 0.712. The molecule has 0 aromatic carbocycles. The molecule has 1 aromatic heterocycles. The van der Waals surface area contributed by atoms with E-state index >= 15 is 0 Å². The monoisotopic (exact) mass is 246 g/mol. The molecule has 0 aliphatic carbocycles. The molecule has 1 atom stereocenters. The zero-order valence-corrected chi connectivity index (χ0v) is 11.2. The third kappa shape index (κ3) is 3.44. The van der Waals surface area contributed by atoms with Gasteiger partial charge in [0.05, 0.1) is 17.6 Å². The van der Waals surface area contributed by atoms with E-state index in [4.69, 9.17) is 11.6 Å². The highest BCUT2D eigenvalue weighted by Crippen LogP contribution is 2.26. The number of thiazole rings is 1. The van der Waals surface area contributed by atoms with Crippen molar-refractivity contribution in [1.29, 1.82) is 0 Å². The molecule has 4 heteroatoms. The lowest BCUT2D eigenvalue weighted by Gasteiger charge is -2.24. The maximum atomic E-state index is 5.76. The molecule has 1 rings (SSSR count). The molecular formula is C11H19ClN2S. The van der Waals surface area contributed by atoms with Gasteiger partial charge in [-0.05, 0) is 26.4 Å². The first-order valence-corrected chi connectivity index (χ1v) is 6.84. The first-order valence-electron chi connectivity index (χ1n) is 5.43. The van der Waals surface area contributed by atoms with Crippen molar-refractivity contribution in [3.63, 3.8) is 0 Å². The minimum atomic E-state index is 0.451. The zero-order valence-electron chi connectivity index (χ0n) is 9.66. The number of aromatic nitrogens is 1. The van der Waals surface area contributed by atoms with Crippen LogP contribution in [0, 0.1) is 0 Å². The highest BCUT2D eigenvalue weighted by Gasteiger charge is 2.17. The standard InChI is InChI=1S/C11H19ClN2S/c1-4-6-14(3)10(5-2)11-13-9(7-12)8-15-11/h8,10H,4-7H2,1-3H3. The number of nitrogens with zero attached hydrogens (tertiary/aromatic N) is 2. The molecule has 1 unspecified atom stereocenters. The van der Waals surface area contributed by atoms with Crippen molar-refractivity contribution in [3.05, 3.63) is 16.1 Å². The minimum absolute atomic E-state index is 0.451. The van der Waals surface area contributed by atoms with Crippen LogP contribution in [0.4, 0.5) is 0 Å². The largest absolute Gasteiger partial charge is 0.297 e. The Morgan fingerprint density at radius 1 is 1.53 bits per heavy atom. The van der Waals surface area contributed by atoms with E-state index in [1.165, 1.54) is 11.4 Å². The van der Waals surface area contributed by atoms with E-state index in [0.717, 1.165) is 18.7 Å². The smallest absolute Gasteiger partial charge is 0.110 e. The average Bonchev–Trinajstić information content (AvgIpc) is 2.68. The van der Waals surface area contributed by atoms with E-state index in [1.807, 2.05) is 0 Å². The number of hydrogen-bond donors (Lipinski definition) is 0. The fraction of sp³-hybridized carbons (Fsp3) is 0.727. The van der Waals surface area contributed by atoms with Gasteiger partial charge in [-0.15, -0.1) is 22.9 Å². The summed E-state index contributed by atoms with van der Waals surface area (Å²) >= 11 is 7.48. The molecule has 0 radical (unpaired) electrons. The lowest BCUT2D eigenvalue weighted by atomic mass is 10.2. The van der Waals surface area contributed by atoms with Gasteiger partial charge in [0.15, 0.2) is 0 Å². The molecular weight excluding hydrogens is 228 g/mol. The summed E-state index contributed by atoms with van der Waals surface area (Å²) in [6, 6.07) is 0.451. The van der Waals surface area contributed by atoms with Gasteiger partial charge in [0, 0.05) is 5.38 Å². The highest BCUT2D eigenvalue weighted by molar-refractivity contribution is 7.09. The molecule has 86 valence electrons. The zero-order chi connectivity index (χ0) is 11.3. The van der Waals surface area contributed by atoms with Gasteiger partial charge >= 0.3 is 0 Å². The minimum Gasteiger partial charge on any atom is -0.297 e. The van der Waals surface area contributed by atoms with Gasteiger partial charge < -0.3 is 0 Å². The van der Waals surface area contributed by atoms with Crippen LogP contribution in [0.5, 0.6) is 0 Å². The van der Waals surface area contributed by atoms with Crippen molar-refractivity contribution in [2.75, 3.05) is 13.6 Å². The molecule has 0 spiro atoms. The summed E-state index contributed by atoms with van der Waals surface area (Å²) in [6.45, 7) is 5.53. The Morgan fingerprint density at radius 2 is 2.27 bits per heavy atom. The molecule has 1 heterocycles. The fourth-order valence-corrected chi connectivity index (χ4v) is 3.02. The molecule has 15 heavy (non-hydrogen) atoms. The van der Waals surface area contributed by atoms with E-state index in [9.17, 15) is 0 Å². The Bertz CT molecular complexity index is 288. The van der Waals surface area contributed by atoms with E-state index < -0.39 is 0 Å². The third-order valence-corrected chi connectivity index (χ3v) is 3.76. The Balaban J connectivity index is 2.72. The van der Waals surface area contributed by atoms with Gasteiger partial charge in [-0.25, -0.2) is 4.98 Å². The van der Waals surface area contributed by atoms with Crippen LogP contribution in [0.25, 0.3) is 0 Å². The van der Waals surface area contributed by atoms with E-state index in [-0.39, 0.29) is 0 Å². The van der Waals surface area contributed by atoms with Crippen molar-refractivity contribution in [2.24, 2.45) is 0 Å². The maximum Gasteiger partial charge on any atom is 0.110 e. The molecule has 0 bridgehead atoms. The molecule has 0 fully saturated rings. The first-order chi connectivity index (χ1) is 7.22. The van der Waals surface area contributed by atoms with Crippen LogP contribution in [0.1, 0.15) is 43.4 Å². The summed E-state index contributed by atoms with van der Waals surface area (Å²) in [4.78, 5) is 6.92. The molecule has 1 aromatic rings. The van der Waals surface area contributed by atoms with Crippen molar-refractivity contribution in [1.82, 2.24) is 9.88 Å². The van der Waals surface area contributed by atoms with Crippen LogP contribution in [-0.2, 0) is 5.88 Å². The van der Waals surface area contributed by atoms with Gasteiger partial charge in [-0.2, -0.15) is 0 Å². The highest BCUT2D eigenvalue weighted by atomic mass is 35.5. The van der Waals surface area contributed by atoms with Gasteiger partial charge in [-0.1, -0.05) is 13.8 Å². The molecule has 0 saturated carbocycles. The van der Waals surface area contributed by atoms with Crippen LogP contribution < -0.4 is 0 Å². The molecule has 0 aliphatic rings. The predicted molar refractivity (Wildman–Crippen MR) is 67.6 cm³/mol. The Labute approximate surface area is 101 Å². The fourth-order valence-electron chi connectivity index (χ4n) is 1.72. The number of alkyl halides is 1. The normalized spacial score (nSPS) is 13.4. The molecule has 0 amide bonds. The van der Waals surface area contributed by atoms with Crippen LogP contribution in [-0.4, -0.2) is 23.5 Å². The van der Waals surface area contributed by atoms with Gasteiger partial charge in [0.2, 0.25) is 0 Å². The second-order valence-corrected chi connectivity index (χ2v) is 4.87. The average molecular weight is 247 g/mol. The van der Waals surface area contributed by atoms with Crippen LogP contribution in [0.3, 0.4) is 0 Å². The van der Waals surface area contributed by atoms with Crippen molar-refractivity contribution >= 4 is 22.9 Å². The molecule has 2 nitrogen and oxygen atoms in total. The SMILES string of the molecule is CCCN(C)C(CC)c1nc(CCl)cs1. The lowest BCUT2D eigenvalue weighted by molar-refractivity contribution is 0.238. The van der Waals surface area contributed by atoms with Crippen LogP contribution in [0.2, 0.25) is 0 Å². The van der Waals surface area contributed by atoms with E-state index in [1.54, 1.807) is 11.3 Å². The summed E-state index contributed by atoms with van der Waals surface area (Å²) in [5.74, 6) is 0.518. The number of rotatable bonds is 6. The summed E-state index contributed by atoms with van der Waals surface area (Å²) < 4.78 is 0. The lowest BCUT2D eigenvalue weighted by Crippen LogP contribution is -2.24. The van der Waals surface area contributed by atoms with Crippen LogP contribution in [0.15, 0.2) is 5.38 Å². The van der Waals surface area contributed by atoms with Gasteiger partial charge in [0.25, 0.3) is 0 Å². The van der Waals surface area contributed by atoms with Crippen molar-refractivity contribution in [3.8, 4) is 0 Å². The Kier molecular flexibility index (Phi) is 5.58. The summed E-state index contributed by atoms with van der Waals surface area (Å²) in [7, 11) is 2.17.